The third-order valence-corrected chi connectivity index (χ3v) is 5.69. The van der Waals surface area contributed by atoms with Crippen molar-refractivity contribution in [2.24, 2.45) is 0 Å². The van der Waals surface area contributed by atoms with Crippen LogP contribution < -0.4 is 4.57 Å². The van der Waals surface area contributed by atoms with Crippen LogP contribution in [0.15, 0.2) is 60.2 Å². The van der Waals surface area contributed by atoms with Gasteiger partial charge in [-0.15, -0.1) is 0 Å². The van der Waals surface area contributed by atoms with Crippen LogP contribution in [0.4, 0.5) is 0 Å². The number of aromatic nitrogens is 4. The summed E-state index contributed by atoms with van der Waals surface area (Å²) in [4.78, 5) is 13.2. The molecule has 0 saturated heterocycles. The molecule has 0 fully saturated rings. The number of halogens is 1. The molecule has 0 aliphatic heterocycles. The number of rotatable bonds is 4. The van der Waals surface area contributed by atoms with Crippen molar-refractivity contribution in [3.63, 3.8) is 0 Å². The van der Waals surface area contributed by atoms with Crippen LogP contribution in [0, 0.1) is 0 Å². The Morgan fingerprint density at radius 3 is 2.64 bits per heavy atom. The lowest BCUT2D eigenvalue weighted by Crippen LogP contribution is -2.36. The SMILES string of the molecule is Clc1cccc(-c2[nH]c3nc4ccccc4nc3[n+]2CCC2=CCCCC2)c1. The lowest BCUT2D eigenvalue weighted by Gasteiger charge is -2.12. The van der Waals surface area contributed by atoms with Crippen LogP contribution in [0.3, 0.4) is 0 Å². The van der Waals surface area contributed by atoms with E-state index in [1.165, 1.54) is 25.7 Å². The summed E-state index contributed by atoms with van der Waals surface area (Å²) < 4.78 is 2.26. The standard InChI is InChI=1S/C23H21ClN4/c24-18-10-6-9-17(15-18)22-27-21-23(26-20-12-5-4-11-19(20)25-21)28(22)14-13-16-7-2-1-3-8-16/h4-7,9-12,15H,1-3,8,13-14H2/p+1. The van der Waals surface area contributed by atoms with E-state index < -0.39 is 0 Å². The average Bonchev–Trinajstić information content (AvgIpc) is 3.08. The predicted molar refractivity (Wildman–Crippen MR) is 113 cm³/mol. The van der Waals surface area contributed by atoms with Crippen LogP contribution in [0.25, 0.3) is 33.7 Å². The van der Waals surface area contributed by atoms with Gasteiger partial charge in [0.25, 0.3) is 5.65 Å². The molecule has 1 N–H and O–H groups in total. The minimum Gasteiger partial charge on any atom is -0.251 e. The van der Waals surface area contributed by atoms with Gasteiger partial charge in [0, 0.05) is 10.6 Å². The number of fused-ring (bicyclic) bond motifs is 2. The van der Waals surface area contributed by atoms with Gasteiger partial charge in [-0.1, -0.05) is 46.4 Å². The number of nitrogens with one attached hydrogen (secondary N) is 1. The van der Waals surface area contributed by atoms with Gasteiger partial charge < -0.3 is 0 Å². The van der Waals surface area contributed by atoms with Crippen molar-refractivity contribution in [1.29, 1.82) is 0 Å². The van der Waals surface area contributed by atoms with Gasteiger partial charge in [-0.3, -0.25) is 4.98 Å². The van der Waals surface area contributed by atoms with Crippen molar-refractivity contribution in [2.75, 3.05) is 0 Å². The minimum atomic E-state index is 0.726. The Morgan fingerprint density at radius 1 is 1.00 bits per heavy atom. The van der Waals surface area contributed by atoms with Gasteiger partial charge in [0.05, 0.1) is 6.54 Å². The monoisotopic (exact) mass is 389 g/mol. The van der Waals surface area contributed by atoms with Gasteiger partial charge in [-0.05, 0) is 62.4 Å². The van der Waals surface area contributed by atoms with Crippen LogP contribution >= 0.6 is 11.6 Å². The smallest absolute Gasteiger partial charge is 0.251 e. The topological polar surface area (TPSA) is 45.5 Å². The molecule has 0 atom stereocenters. The first-order chi connectivity index (χ1) is 13.8. The molecule has 140 valence electrons. The number of hydrogen-bond acceptors (Lipinski definition) is 2. The van der Waals surface area contributed by atoms with Crippen LogP contribution in [0.1, 0.15) is 32.1 Å². The van der Waals surface area contributed by atoms with E-state index in [2.05, 4.69) is 21.7 Å². The molecule has 0 amide bonds. The Balaban J connectivity index is 1.65. The van der Waals surface area contributed by atoms with Crippen LogP contribution in [0.5, 0.6) is 0 Å². The third-order valence-electron chi connectivity index (χ3n) is 5.45. The van der Waals surface area contributed by atoms with Crippen molar-refractivity contribution in [3.05, 3.63) is 65.2 Å². The van der Waals surface area contributed by atoms with E-state index in [1.54, 1.807) is 5.57 Å². The molecular weight excluding hydrogens is 368 g/mol. The fraction of sp³-hybridized carbons (Fsp3) is 0.261. The number of aryl methyl sites for hydroxylation is 1. The highest BCUT2D eigenvalue weighted by molar-refractivity contribution is 6.30. The zero-order chi connectivity index (χ0) is 18.9. The maximum absolute atomic E-state index is 6.27. The molecule has 5 rings (SSSR count). The summed E-state index contributed by atoms with van der Waals surface area (Å²) in [6.45, 7) is 0.876. The average molecular weight is 390 g/mol. The summed E-state index contributed by atoms with van der Waals surface area (Å²) in [6, 6.07) is 16.0. The van der Waals surface area contributed by atoms with Crippen molar-refractivity contribution >= 4 is 33.9 Å². The molecular formula is C23H22ClN4+. The van der Waals surface area contributed by atoms with E-state index in [0.717, 1.165) is 51.7 Å². The number of aromatic amines is 1. The Hall–Kier alpha value is -2.72. The zero-order valence-corrected chi connectivity index (χ0v) is 16.4. The molecule has 2 heterocycles. The van der Waals surface area contributed by atoms with Crippen LogP contribution in [-0.4, -0.2) is 15.0 Å². The van der Waals surface area contributed by atoms with Crippen LogP contribution in [-0.2, 0) is 6.54 Å². The van der Waals surface area contributed by atoms with Crippen molar-refractivity contribution in [1.82, 2.24) is 15.0 Å². The Kier molecular flexibility index (Phi) is 4.57. The molecule has 4 nitrogen and oxygen atoms in total. The highest BCUT2D eigenvalue weighted by Crippen LogP contribution is 2.24. The van der Waals surface area contributed by atoms with Gasteiger partial charge in [0.2, 0.25) is 5.82 Å². The number of imidazole rings is 1. The normalized spacial score (nSPS) is 14.5. The quantitative estimate of drug-likeness (QED) is 0.364. The molecule has 2 aromatic carbocycles. The number of H-pyrrole nitrogens is 1. The molecule has 5 heteroatoms. The fourth-order valence-corrected chi connectivity index (χ4v) is 4.21. The molecule has 4 aromatic rings. The van der Waals surface area contributed by atoms with Crippen molar-refractivity contribution in [3.8, 4) is 11.4 Å². The maximum Gasteiger partial charge on any atom is 0.323 e. The number of allylic oxidation sites excluding steroid dienone is 2. The summed E-state index contributed by atoms with van der Waals surface area (Å²) in [5.41, 5.74) is 6.12. The van der Waals surface area contributed by atoms with Gasteiger partial charge in [0.1, 0.15) is 5.52 Å². The largest absolute Gasteiger partial charge is 0.323 e. The highest BCUT2D eigenvalue weighted by Gasteiger charge is 2.23. The van der Waals surface area contributed by atoms with E-state index in [1.807, 2.05) is 42.5 Å². The summed E-state index contributed by atoms with van der Waals surface area (Å²) >= 11 is 6.27. The second-order valence-corrected chi connectivity index (χ2v) is 7.81. The third kappa shape index (κ3) is 3.29. The molecule has 28 heavy (non-hydrogen) atoms. The van der Waals surface area contributed by atoms with Gasteiger partial charge >= 0.3 is 5.65 Å². The molecule has 1 aliphatic rings. The van der Waals surface area contributed by atoms with E-state index in [0.29, 0.717) is 0 Å². The van der Waals surface area contributed by atoms with E-state index in [9.17, 15) is 0 Å². The summed E-state index contributed by atoms with van der Waals surface area (Å²) in [5.74, 6) is 1.00. The van der Waals surface area contributed by atoms with E-state index >= 15 is 0 Å². The molecule has 0 radical (unpaired) electrons. The summed E-state index contributed by atoms with van der Waals surface area (Å²) in [5, 5.41) is 0.726. The van der Waals surface area contributed by atoms with E-state index in [4.69, 9.17) is 21.6 Å². The van der Waals surface area contributed by atoms with Crippen molar-refractivity contribution < 1.29 is 4.57 Å². The second-order valence-electron chi connectivity index (χ2n) is 7.38. The summed E-state index contributed by atoms with van der Waals surface area (Å²) in [6.07, 6.45) is 8.49. The molecule has 1 aliphatic carbocycles. The van der Waals surface area contributed by atoms with Crippen LogP contribution in [0.2, 0.25) is 5.02 Å². The molecule has 0 saturated carbocycles. The minimum absolute atomic E-state index is 0.726. The lowest BCUT2D eigenvalue weighted by atomic mass is 9.97. The fourth-order valence-electron chi connectivity index (χ4n) is 4.02. The molecule has 0 spiro atoms. The highest BCUT2D eigenvalue weighted by atomic mass is 35.5. The first-order valence-electron chi connectivity index (χ1n) is 9.90. The maximum atomic E-state index is 6.27. The first-order valence-corrected chi connectivity index (χ1v) is 10.3. The summed E-state index contributed by atoms with van der Waals surface area (Å²) in [7, 11) is 0. The Bertz CT molecular complexity index is 1190. The number of para-hydroxylation sites is 2. The molecule has 0 unspecified atom stereocenters. The lowest BCUT2D eigenvalue weighted by molar-refractivity contribution is -0.661. The number of benzene rings is 2. The number of nitrogens with zero attached hydrogens (tertiary/aromatic N) is 3. The first kappa shape index (κ1) is 17.4. The predicted octanol–water partition coefficient (Wildman–Crippen LogP) is 5.61. The molecule has 0 bridgehead atoms. The zero-order valence-electron chi connectivity index (χ0n) is 15.7. The second kappa shape index (κ2) is 7.36. The number of hydrogen-bond donors (Lipinski definition) is 1. The van der Waals surface area contributed by atoms with Gasteiger partial charge in [-0.25, -0.2) is 9.55 Å². The van der Waals surface area contributed by atoms with Gasteiger partial charge in [-0.2, -0.15) is 0 Å². The van der Waals surface area contributed by atoms with E-state index in [-0.39, 0.29) is 0 Å². The molecule has 2 aromatic heterocycles. The van der Waals surface area contributed by atoms with Crippen molar-refractivity contribution in [2.45, 2.75) is 38.6 Å². The Morgan fingerprint density at radius 2 is 1.86 bits per heavy atom. The Labute approximate surface area is 168 Å². The van der Waals surface area contributed by atoms with Gasteiger partial charge in [0.15, 0.2) is 5.52 Å².